The molecular weight excluding hydrogens is 402 g/mol. The standard InChI is InChI=1S/C22H25N3O4S/c1-28-17-5-3-4-14-13(17)7-6-12-11-23-15(19(12)14)8-9-25-21(26)20-16(24-22(25)27)10-18(29-2)30-20/h3-5,10,12,15,19,23H,6-9,11H2,1-2H3,(H,24,27)/t12-,15?,19-/m1/s1. The van der Waals surface area contributed by atoms with Crippen molar-refractivity contribution in [2.24, 2.45) is 5.92 Å². The number of nitrogens with one attached hydrogen (secondary N) is 2. The Morgan fingerprint density at radius 3 is 2.90 bits per heavy atom. The van der Waals surface area contributed by atoms with Crippen LogP contribution in [0.15, 0.2) is 33.9 Å². The van der Waals surface area contributed by atoms with Crippen LogP contribution >= 0.6 is 11.3 Å². The summed E-state index contributed by atoms with van der Waals surface area (Å²) in [5.41, 5.74) is 2.57. The van der Waals surface area contributed by atoms with Crippen LogP contribution in [0.1, 0.15) is 29.9 Å². The van der Waals surface area contributed by atoms with Crippen molar-refractivity contribution < 1.29 is 9.47 Å². The quantitative estimate of drug-likeness (QED) is 0.653. The third-order valence-electron chi connectivity index (χ3n) is 6.60. The molecule has 0 spiro atoms. The maximum Gasteiger partial charge on any atom is 0.328 e. The molecule has 3 atom stereocenters. The zero-order valence-electron chi connectivity index (χ0n) is 17.1. The monoisotopic (exact) mass is 427 g/mol. The van der Waals surface area contributed by atoms with E-state index < -0.39 is 0 Å². The summed E-state index contributed by atoms with van der Waals surface area (Å²) in [5.74, 6) is 1.92. The number of rotatable bonds is 5. The van der Waals surface area contributed by atoms with Gasteiger partial charge in [0.2, 0.25) is 0 Å². The zero-order valence-corrected chi connectivity index (χ0v) is 17.9. The van der Waals surface area contributed by atoms with Gasteiger partial charge in [-0.25, -0.2) is 4.79 Å². The van der Waals surface area contributed by atoms with Crippen LogP contribution in [-0.2, 0) is 13.0 Å². The second-order valence-electron chi connectivity index (χ2n) is 8.06. The van der Waals surface area contributed by atoms with Crippen molar-refractivity contribution in [3.8, 4) is 10.8 Å². The predicted octanol–water partition coefficient (Wildman–Crippen LogP) is 2.48. The van der Waals surface area contributed by atoms with Crippen LogP contribution in [0, 0.1) is 5.92 Å². The summed E-state index contributed by atoms with van der Waals surface area (Å²) in [6, 6.07) is 8.21. The van der Waals surface area contributed by atoms with Crippen LogP contribution in [0.5, 0.6) is 10.8 Å². The van der Waals surface area contributed by atoms with Crippen LogP contribution in [0.4, 0.5) is 0 Å². The lowest BCUT2D eigenvalue weighted by Gasteiger charge is -2.32. The number of hydrogen-bond donors (Lipinski definition) is 2. The third kappa shape index (κ3) is 3.06. The molecule has 1 aliphatic heterocycles. The number of fused-ring (bicyclic) bond motifs is 4. The van der Waals surface area contributed by atoms with Gasteiger partial charge in [-0.2, -0.15) is 0 Å². The number of benzene rings is 1. The molecule has 0 radical (unpaired) electrons. The van der Waals surface area contributed by atoms with Gasteiger partial charge in [-0.1, -0.05) is 23.5 Å². The molecule has 2 N–H and O–H groups in total. The van der Waals surface area contributed by atoms with Gasteiger partial charge in [0.1, 0.15) is 10.4 Å². The van der Waals surface area contributed by atoms with Gasteiger partial charge in [-0.3, -0.25) is 9.36 Å². The minimum atomic E-state index is -0.367. The molecule has 1 aliphatic carbocycles. The highest BCUT2D eigenvalue weighted by Crippen LogP contribution is 2.45. The summed E-state index contributed by atoms with van der Waals surface area (Å²) in [6.07, 6.45) is 2.88. The molecule has 3 aromatic rings. The molecule has 2 aliphatic rings. The predicted molar refractivity (Wildman–Crippen MR) is 117 cm³/mol. The van der Waals surface area contributed by atoms with Crippen molar-refractivity contribution in [1.82, 2.24) is 14.9 Å². The summed E-state index contributed by atoms with van der Waals surface area (Å²) >= 11 is 1.26. The van der Waals surface area contributed by atoms with Crippen LogP contribution in [0.3, 0.4) is 0 Å². The van der Waals surface area contributed by atoms with Crippen LogP contribution in [-0.4, -0.2) is 36.4 Å². The van der Waals surface area contributed by atoms with Crippen molar-refractivity contribution in [3.05, 3.63) is 56.2 Å². The Bertz CT molecular complexity index is 1210. The van der Waals surface area contributed by atoms with E-state index in [1.54, 1.807) is 20.3 Å². The highest BCUT2D eigenvalue weighted by molar-refractivity contribution is 7.20. The van der Waals surface area contributed by atoms with Gasteiger partial charge in [0.15, 0.2) is 5.06 Å². The second kappa shape index (κ2) is 7.59. The minimum absolute atomic E-state index is 0.223. The van der Waals surface area contributed by atoms with Gasteiger partial charge in [0.25, 0.3) is 5.56 Å². The normalized spacial score (nSPS) is 22.7. The van der Waals surface area contributed by atoms with Gasteiger partial charge >= 0.3 is 5.69 Å². The molecule has 2 aromatic heterocycles. The van der Waals surface area contributed by atoms with Crippen molar-refractivity contribution in [2.75, 3.05) is 20.8 Å². The molecule has 8 heteroatoms. The molecule has 1 saturated heterocycles. The molecule has 0 saturated carbocycles. The number of methoxy groups -OCH3 is 2. The van der Waals surface area contributed by atoms with Gasteiger partial charge < -0.3 is 19.8 Å². The van der Waals surface area contributed by atoms with Gasteiger partial charge in [-0.15, -0.1) is 0 Å². The number of nitrogens with zero attached hydrogens (tertiary/aromatic N) is 1. The summed E-state index contributed by atoms with van der Waals surface area (Å²) in [6.45, 7) is 1.35. The topological polar surface area (TPSA) is 85.3 Å². The summed E-state index contributed by atoms with van der Waals surface area (Å²) in [7, 11) is 3.28. The molecule has 158 valence electrons. The van der Waals surface area contributed by atoms with Crippen molar-refractivity contribution in [1.29, 1.82) is 0 Å². The second-order valence-corrected chi connectivity index (χ2v) is 9.07. The number of H-pyrrole nitrogens is 1. The van der Waals surface area contributed by atoms with Crippen LogP contribution < -0.4 is 26.0 Å². The highest BCUT2D eigenvalue weighted by Gasteiger charge is 2.40. The maximum absolute atomic E-state index is 12.9. The lowest BCUT2D eigenvalue weighted by molar-refractivity contribution is 0.371. The first-order chi connectivity index (χ1) is 14.6. The average molecular weight is 428 g/mol. The minimum Gasteiger partial charge on any atom is -0.496 e. The van der Waals surface area contributed by atoms with Gasteiger partial charge in [0.05, 0.1) is 19.7 Å². The Morgan fingerprint density at radius 2 is 2.10 bits per heavy atom. The number of aromatic amines is 1. The zero-order chi connectivity index (χ0) is 20.8. The molecule has 5 rings (SSSR count). The Balaban J connectivity index is 1.43. The molecule has 30 heavy (non-hydrogen) atoms. The SMILES string of the molecule is COc1cc2[nH]c(=O)n(CCC3NC[C@H]4CCc5c(OC)cccc5[C@H]34)c(=O)c2s1. The largest absolute Gasteiger partial charge is 0.496 e. The molecule has 1 unspecified atom stereocenters. The lowest BCUT2D eigenvalue weighted by atomic mass is 9.73. The molecule has 3 heterocycles. The fraction of sp³-hybridized carbons (Fsp3) is 0.455. The van der Waals surface area contributed by atoms with Crippen LogP contribution in [0.2, 0.25) is 0 Å². The van der Waals surface area contributed by atoms with E-state index >= 15 is 0 Å². The Hall–Kier alpha value is -2.58. The van der Waals surface area contributed by atoms with Crippen molar-refractivity contribution >= 4 is 21.6 Å². The Morgan fingerprint density at radius 1 is 1.23 bits per heavy atom. The summed E-state index contributed by atoms with van der Waals surface area (Å²) in [4.78, 5) is 28.3. The highest BCUT2D eigenvalue weighted by atomic mass is 32.1. The van der Waals surface area contributed by atoms with E-state index in [2.05, 4.69) is 22.4 Å². The first-order valence-corrected chi connectivity index (χ1v) is 11.1. The molecule has 1 fully saturated rings. The average Bonchev–Trinajstić information content (AvgIpc) is 3.37. The Labute approximate surface area is 177 Å². The third-order valence-corrected chi connectivity index (χ3v) is 7.68. The summed E-state index contributed by atoms with van der Waals surface area (Å²) < 4.78 is 12.6. The fourth-order valence-corrected chi connectivity index (χ4v) is 6.07. The van der Waals surface area contributed by atoms with Gasteiger partial charge in [-0.05, 0) is 48.9 Å². The molecule has 7 nitrogen and oxygen atoms in total. The molecule has 1 aromatic carbocycles. The fourth-order valence-electron chi connectivity index (χ4n) is 5.19. The van der Waals surface area contributed by atoms with E-state index in [4.69, 9.17) is 9.47 Å². The van der Waals surface area contributed by atoms with E-state index in [0.29, 0.717) is 33.7 Å². The molecule has 0 bridgehead atoms. The smallest absolute Gasteiger partial charge is 0.328 e. The number of thiophene rings is 1. The van der Waals surface area contributed by atoms with Gasteiger partial charge in [0, 0.05) is 24.6 Å². The van der Waals surface area contributed by atoms with E-state index in [-0.39, 0.29) is 17.3 Å². The maximum atomic E-state index is 12.9. The van der Waals surface area contributed by atoms with Crippen LogP contribution in [0.25, 0.3) is 10.2 Å². The first-order valence-electron chi connectivity index (χ1n) is 10.3. The number of aromatic nitrogens is 2. The van der Waals surface area contributed by atoms with E-state index in [1.165, 1.54) is 27.0 Å². The Kier molecular flexibility index (Phi) is 4.91. The first kappa shape index (κ1) is 19.4. The number of ether oxygens (including phenoxy) is 2. The van der Waals surface area contributed by atoms with E-state index in [1.807, 2.05) is 6.07 Å². The van der Waals surface area contributed by atoms with E-state index in [9.17, 15) is 9.59 Å². The lowest BCUT2D eigenvalue weighted by Crippen LogP contribution is -2.37. The van der Waals surface area contributed by atoms with E-state index in [0.717, 1.165) is 31.6 Å². The van der Waals surface area contributed by atoms with Crippen molar-refractivity contribution in [2.45, 2.75) is 37.8 Å². The molecular formula is C22H25N3O4S. The number of hydrogen-bond acceptors (Lipinski definition) is 6. The summed E-state index contributed by atoms with van der Waals surface area (Å²) in [5, 5.41) is 4.27. The molecule has 0 amide bonds. The van der Waals surface area contributed by atoms with Crippen molar-refractivity contribution in [3.63, 3.8) is 0 Å².